The van der Waals surface area contributed by atoms with Crippen molar-refractivity contribution in [2.45, 2.75) is 38.1 Å². The highest BCUT2D eigenvalue weighted by Gasteiger charge is 2.35. The second-order valence-corrected chi connectivity index (χ2v) is 8.12. The number of carbonyl (C=O) groups is 3. The maximum absolute atomic E-state index is 13.1. The van der Waals surface area contributed by atoms with Crippen LogP contribution in [0.25, 0.3) is 11.1 Å². The molecule has 0 aliphatic carbocycles. The largest absolute Gasteiger partial charge is 0.480 e. The molecule has 156 valence electrons. The summed E-state index contributed by atoms with van der Waals surface area (Å²) >= 11 is 6.45. The van der Waals surface area contributed by atoms with E-state index in [1.54, 1.807) is 29.2 Å². The summed E-state index contributed by atoms with van der Waals surface area (Å²) in [4.78, 5) is 40.4. The molecule has 2 heterocycles. The Labute approximate surface area is 180 Å². The Balaban J connectivity index is 1.78. The molecule has 7 heteroatoms. The second-order valence-electron chi connectivity index (χ2n) is 7.71. The number of benzene rings is 2. The van der Waals surface area contributed by atoms with Crippen LogP contribution in [0.1, 0.15) is 42.5 Å². The molecule has 0 aromatic heterocycles. The van der Waals surface area contributed by atoms with Crippen LogP contribution in [-0.4, -0.2) is 46.9 Å². The number of hydrogen-bond acceptors (Lipinski definition) is 3. The molecule has 2 saturated heterocycles. The Morgan fingerprint density at radius 2 is 1.80 bits per heavy atom. The van der Waals surface area contributed by atoms with E-state index >= 15 is 0 Å². The van der Waals surface area contributed by atoms with E-state index < -0.39 is 12.0 Å². The van der Waals surface area contributed by atoms with Gasteiger partial charge in [-0.1, -0.05) is 29.8 Å². The molecule has 30 heavy (non-hydrogen) atoms. The third kappa shape index (κ3) is 3.79. The van der Waals surface area contributed by atoms with Gasteiger partial charge in [0, 0.05) is 41.2 Å². The minimum atomic E-state index is -0.984. The fraction of sp³-hybridized carbons (Fsp3) is 0.348. The van der Waals surface area contributed by atoms with E-state index in [0.717, 1.165) is 24.1 Å². The van der Waals surface area contributed by atoms with E-state index in [1.165, 1.54) is 4.90 Å². The molecule has 2 aliphatic heterocycles. The number of carbonyl (C=O) groups excluding carboxylic acids is 2. The first-order chi connectivity index (χ1) is 14.5. The smallest absolute Gasteiger partial charge is 0.326 e. The van der Waals surface area contributed by atoms with Crippen LogP contribution in [0, 0.1) is 0 Å². The molecule has 1 unspecified atom stereocenters. The zero-order valence-corrected chi connectivity index (χ0v) is 17.3. The normalized spacial score (nSPS) is 19.2. The SMILES string of the molecule is O=C(O)C1CCCN1C(=O)c1ccc(N2CCCCC2=O)c(-c2ccccc2Cl)c1. The summed E-state index contributed by atoms with van der Waals surface area (Å²) < 4.78 is 0. The molecule has 2 aliphatic rings. The van der Waals surface area contributed by atoms with Crippen LogP contribution in [0.3, 0.4) is 0 Å². The first kappa shape index (κ1) is 20.4. The molecule has 2 aromatic rings. The van der Waals surface area contributed by atoms with Crippen molar-refractivity contribution in [3.63, 3.8) is 0 Å². The van der Waals surface area contributed by atoms with Gasteiger partial charge < -0.3 is 14.9 Å². The molecule has 0 saturated carbocycles. The lowest BCUT2D eigenvalue weighted by Gasteiger charge is -2.29. The molecule has 2 aromatic carbocycles. The molecule has 2 fully saturated rings. The standard InChI is InChI=1S/C23H23ClN2O4/c24-18-7-2-1-6-16(18)17-14-15(22(28)26-13-5-8-20(26)23(29)30)10-11-19(17)25-12-4-3-9-21(25)27/h1-2,6-7,10-11,14,20H,3-5,8-9,12-13H2,(H,29,30). The Morgan fingerprint density at radius 3 is 2.53 bits per heavy atom. The first-order valence-electron chi connectivity index (χ1n) is 10.2. The van der Waals surface area contributed by atoms with Gasteiger partial charge in [-0.05, 0) is 49.9 Å². The minimum absolute atomic E-state index is 0.0547. The number of nitrogens with zero attached hydrogens (tertiary/aromatic N) is 2. The summed E-state index contributed by atoms with van der Waals surface area (Å²) in [5.74, 6) is -1.24. The molecule has 0 spiro atoms. The van der Waals surface area contributed by atoms with E-state index in [9.17, 15) is 19.5 Å². The summed E-state index contributed by atoms with van der Waals surface area (Å²) in [6, 6.07) is 11.7. The Bertz CT molecular complexity index is 1010. The van der Waals surface area contributed by atoms with Gasteiger partial charge in [0.1, 0.15) is 6.04 Å². The second kappa shape index (κ2) is 8.48. The van der Waals surface area contributed by atoms with Crippen molar-refractivity contribution in [1.29, 1.82) is 0 Å². The maximum Gasteiger partial charge on any atom is 0.326 e. The lowest BCUT2D eigenvalue weighted by Crippen LogP contribution is -2.40. The quantitative estimate of drug-likeness (QED) is 0.794. The average Bonchev–Trinajstić information content (AvgIpc) is 3.24. The fourth-order valence-corrected chi connectivity index (χ4v) is 4.53. The summed E-state index contributed by atoms with van der Waals surface area (Å²) in [5, 5.41) is 9.96. The van der Waals surface area contributed by atoms with Crippen molar-refractivity contribution in [1.82, 2.24) is 4.90 Å². The Hall–Kier alpha value is -2.86. The lowest BCUT2D eigenvalue weighted by molar-refractivity contribution is -0.141. The van der Waals surface area contributed by atoms with E-state index in [1.807, 2.05) is 18.2 Å². The Kier molecular flexibility index (Phi) is 5.77. The van der Waals surface area contributed by atoms with Crippen LogP contribution < -0.4 is 4.90 Å². The van der Waals surface area contributed by atoms with E-state index in [-0.39, 0.29) is 11.8 Å². The summed E-state index contributed by atoms with van der Waals surface area (Å²) in [6.07, 6.45) is 3.41. The predicted molar refractivity (Wildman–Crippen MR) is 115 cm³/mol. The highest BCUT2D eigenvalue weighted by molar-refractivity contribution is 6.33. The number of aliphatic carboxylic acids is 1. The predicted octanol–water partition coefficient (Wildman–Crippen LogP) is 4.21. The van der Waals surface area contributed by atoms with E-state index in [2.05, 4.69) is 0 Å². The Morgan fingerprint density at radius 1 is 1.00 bits per heavy atom. The third-order valence-electron chi connectivity index (χ3n) is 5.82. The van der Waals surface area contributed by atoms with Crippen molar-refractivity contribution in [2.24, 2.45) is 0 Å². The van der Waals surface area contributed by atoms with E-state index in [4.69, 9.17) is 11.6 Å². The van der Waals surface area contributed by atoms with Gasteiger partial charge in [-0.15, -0.1) is 0 Å². The maximum atomic E-state index is 13.1. The van der Waals surface area contributed by atoms with Gasteiger partial charge in [-0.2, -0.15) is 0 Å². The van der Waals surface area contributed by atoms with Crippen molar-refractivity contribution in [3.8, 4) is 11.1 Å². The molecule has 2 amide bonds. The van der Waals surface area contributed by atoms with Crippen LogP contribution in [0.2, 0.25) is 5.02 Å². The number of carboxylic acid groups (broad SMARTS) is 1. The monoisotopic (exact) mass is 426 g/mol. The summed E-state index contributed by atoms with van der Waals surface area (Å²) in [7, 11) is 0. The molecule has 4 rings (SSSR count). The number of anilines is 1. The van der Waals surface area contributed by atoms with Gasteiger partial charge in [0.25, 0.3) is 5.91 Å². The van der Waals surface area contributed by atoms with Gasteiger partial charge in [0.2, 0.25) is 5.91 Å². The lowest BCUT2D eigenvalue weighted by atomic mass is 9.98. The van der Waals surface area contributed by atoms with Gasteiger partial charge in [0.05, 0.1) is 5.69 Å². The zero-order valence-electron chi connectivity index (χ0n) is 16.5. The molecule has 0 bridgehead atoms. The fourth-order valence-electron chi connectivity index (χ4n) is 4.29. The van der Waals surface area contributed by atoms with Crippen LogP contribution in [0.15, 0.2) is 42.5 Å². The number of likely N-dealkylation sites (tertiary alicyclic amines) is 1. The molecule has 1 atom stereocenters. The van der Waals surface area contributed by atoms with Crippen LogP contribution in [-0.2, 0) is 9.59 Å². The molecule has 1 N–H and O–H groups in total. The number of hydrogen-bond donors (Lipinski definition) is 1. The average molecular weight is 427 g/mol. The highest BCUT2D eigenvalue weighted by atomic mass is 35.5. The molecule has 6 nitrogen and oxygen atoms in total. The summed E-state index contributed by atoms with van der Waals surface area (Å²) in [5.41, 5.74) is 2.55. The van der Waals surface area contributed by atoms with Crippen LogP contribution in [0.5, 0.6) is 0 Å². The van der Waals surface area contributed by atoms with Crippen molar-refractivity contribution in [2.75, 3.05) is 18.0 Å². The zero-order chi connectivity index (χ0) is 21.3. The molecular weight excluding hydrogens is 404 g/mol. The van der Waals surface area contributed by atoms with Gasteiger partial charge >= 0.3 is 5.97 Å². The minimum Gasteiger partial charge on any atom is -0.480 e. The van der Waals surface area contributed by atoms with Crippen LogP contribution in [0.4, 0.5) is 5.69 Å². The topological polar surface area (TPSA) is 77.9 Å². The third-order valence-corrected chi connectivity index (χ3v) is 6.15. The van der Waals surface area contributed by atoms with Crippen molar-refractivity contribution in [3.05, 3.63) is 53.1 Å². The van der Waals surface area contributed by atoms with Gasteiger partial charge in [0.15, 0.2) is 0 Å². The van der Waals surface area contributed by atoms with Crippen molar-refractivity contribution < 1.29 is 19.5 Å². The van der Waals surface area contributed by atoms with Gasteiger partial charge in [-0.3, -0.25) is 9.59 Å². The number of amides is 2. The van der Waals surface area contributed by atoms with E-state index in [0.29, 0.717) is 48.5 Å². The number of piperidine rings is 1. The van der Waals surface area contributed by atoms with Gasteiger partial charge in [-0.25, -0.2) is 4.79 Å². The first-order valence-corrected chi connectivity index (χ1v) is 10.6. The number of rotatable bonds is 4. The summed E-state index contributed by atoms with van der Waals surface area (Å²) in [6.45, 7) is 1.04. The highest BCUT2D eigenvalue weighted by Crippen LogP contribution is 2.38. The molecular formula is C23H23ClN2O4. The number of halogens is 1. The van der Waals surface area contributed by atoms with Crippen LogP contribution >= 0.6 is 11.6 Å². The number of carboxylic acids is 1. The molecule has 0 radical (unpaired) electrons. The van der Waals surface area contributed by atoms with Crippen molar-refractivity contribution >= 4 is 35.1 Å².